The number of ether oxygens (including phenoxy) is 1. The Morgan fingerprint density at radius 2 is 1.61 bits per heavy atom. The number of hydrogen-bond donors (Lipinski definition) is 5. The normalized spacial score (nSPS) is 28.2. The third-order valence-corrected chi connectivity index (χ3v) is 6.27. The molecule has 1 aliphatic heterocycles. The summed E-state index contributed by atoms with van der Waals surface area (Å²) in [5.41, 5.74) is 1.85. The van der Waals surface area contributed by atoms with Gasteiger partial charge in [0.25, 0.3) is 0 Å². The first-order valence-corrected chi connectivity index (χ1v) is 10.2. The number of hydrogen-bond acceptors (Lipinski definition) is 7. The van der Waals surface area contributed by atoms with Crippen LogP contribution in [0.3, 0.4) is 0 Å². The number of aliphatic hydroxyl groups is 4. The second kappa shape index (κ2) is 8.26. The molecule has 1 saturated heterocycles. The number of nitrogens with one attached hydrogen (secondary N) is 1. The second-order valence-corrected chi connectivity index (χ2v) is 8.50. The molecule has 0 aromatic heterocycles. The van der Waals surface area contributed by atoms with Crippen LogP contribution in [-0.2, 0) is 14.8 Å². The molecule has 1 fully saturated rings. The van der Waals surface area contributed by atoms with Gasteiger partial charge in [-0.15, -0.1) is 0 Å². The first kappa shape index (κ1) is 20.9. The smallest absolute Gasteiger partial charge is 0.240 e. The van der Waals surface area contributed by atoms with Gasteiger partial charge in [0.2, 0.25) is 10.0 Å². The van der Waals surface area contributed by atoms with Crippen LogP contribution in [0.1, 0.15) is 11.7 Å². The van der Waals surface area contributed by atoms with E-state index in [0.29, 0.717) is 16.7 Å². The first-order valence-electron chi connectivity index (χ1n) is 8.73. The van der Waals surface area contributed by atoms with E-state index in [0.717, 1.165) is 0 Å². The molecule has 9 heteroatoms. The molecule has 2 aromatic carbocycles. The SMILES string of the molecule is CNS(=O)(=O)c1cccc(-c2cccc(C3OC(CO)C(O)C(O)C3O)c2)c1. The van der Waals surface area contributed by atoms with E-state index in [9.17, 15) is 28.8 Å². The summed E-state index contributed by atoms with van der Waals surface area (Å²) in [5, 5.41) is 39.6. The van der Waals surface area contributed by atoms with Crippen molar-refractivity contribution in [2.24, 2.45) is 0 Å². The van der Waals surface area contributed by atoms with Crippen LogP contribution in [0.5, 0.6) is 0 Å². The van der Waals surface area contributed by atoms with E-state index in [-0.39, 0.29) is 4.90 Å². The number of rotatable bonds is 5. The summed E-state index contributed by atoms with van der Waals surface area (Å²) in [5.74, 6) is 0. The minimum Gasteiger partial charge on any atom is -0.394 e. The van der Waals surface area contributed by atoms with E-state index in [1.54, 1.807) is 36.4 Å². The van der Waals surface area contributed by atoms with Crippen molar-refractivity contribution in [2.75, 3.05) is 13.7 Å². The highest BCUT2D eigenvalue weighted by Gasteiger charge is 2.43. The van der Waals surface area contributed by atoms with E-state index in [2.05, 4.69) is 4.72 Å². The van der Waals surface area contributed by atoms with Crippen molar-refractivity contribution in [1.82, 2.24) is 4.72 Å². The Balaban J connectivity index is 1.96. The van der Waals surface area contributed by atoms with Gasteiger partial charge >= 0.3 is 0 Å². The maximum atomic E-state index is 12.0. The van der Waals surface area contributed by atoms with Crippen molar-refractivity contribution < 1.29 is 33.6 Å². The van der Waals surface area contributed by atoms with Crippen LogP contribution in [0, 0.1) is 0 Å². The lowest BCUT2D eigenvalue weighted by Gasteiger charge is -2.40. The van der Waals surface area contributed by atoms with Gasteiger partial charge in [0.15, 0.2) is 0 Å². The van der Waals surface area contributed by atoms with Crippen LogP contribution in [0.4, 0.5) is 0 Å². The van der Waals surface area contributed by atoms with Gasteiger partial charge in [-0.25, -0.2) is 13.1 Å². The van der Waals surface area contributed by atoms with Crippen molar-refractivity contribution in [3.05, 3.63) is 54.1 Å². The molecule has 0 bridgehead atoms. The number of sulfonamides is 1. The average molecular weight is 409 g/mol. The Kier molecular flexibility index (Phi) is 6.15. The van der Waals surface area contributed by atoms with Gasteiger partial charge in [-0.1, -0.05) is 30.3 Å². The monoisotopic (exact) mass is 409 g/mol. The van der Waals surface area contributed by atoms with Gasteiger partial charge in [0.05, 0.1) is 11.5 Å². The van der Waals surface area contributed by atoms with Gasteiger partial charge in [-0.2, -0.15) is 0 Å². The van der Waals surface area contributed by atoms with E-state index < -0.39 is 47.2 Å². The molecule has 0 radical (unpaired) electrons. The molecule has 0 spiro atoms. The molecule has 5 atom stereocenters. The molecule has 5 N–H and O–H groups in total. The van der Waals surface area contributed by atoms with Crippen molar-refractivity contribution in [2.45, 2.75) is 35.4 Å². The van der Waals surface area contributed by atoms with E-state index >= 15 is 0 Å². The average Bonchev–Trinajstić information content (AvgIpc) is 2.72. The molecule has 1 heterocycles. The Morgan fingerprint density at radius 1 is 0.964 bits per heavy atom. The van der Waals surface area contributed by atoms with Crippen molar-refractivity contribution >= 4 is 10.0 Å². The molecule has 2 aromatic rings. The molecule has 0 saturated carbocycles. The zero-order chi connectivity index (χ0) is 20.5. The summed E-state index contributed by atoms with van der Waals surface area (Å²) in [6, 6.07) is 13.3. The fourth-order valence-corrected chi connectivity index (χ4v) is 4.01. The van der Waals surface area contributed by atoms with Crippen LogP contribution in [0.25, 0.3) is 11.1 Å². The second-order valence-electron chi connectivity index (χ2n) is 6.61. The zero-order valence-corrected chi connectivity index (χ0v) is 16.0. The highest BCUT2D eigenvalue weighted by Crippen LogP contribution is 2.34. The first-order chi connectivity index (χ1) is 13.3. The Labute approximate surface area is 163 Å². The fourth-order valence-electron chi connectivity index (χ4n) is 3.23. The molecule has 0 aliphatic carbocycles. The largest absolute Gasteiger partial charge is 0.394 e. The highest BCUT2D eigenvalue weighted by molar-refractivity contribution is 7.89. The number of aliphatic hydroxyl groups excluding tert-OH is 4. The molecule has 8 nitrogen and oxygen atoms in total. The molecule has 1 aliphatic rings. The van der Waals surface area contributed by atoms with Crippen LogP contribution in [0.2, 0.25) is 0 Å². The summed E-state index contributed by atoms with van der Waals surface area (Å²) in [7, 11) is -2.26. The van der Waals surface area contributed by atoms with Crippen LogP contribution >= 0.6 is 0 Å². The third kappa shape index (κ3) is 3.96. The van der Waals surface area contributed by atoms with E-state index in [1.165, 1.54) is 19.2 Å². The fraction of sp³-hybridized carbons (Fsp3) is 0.368. The summed E-state index contributed by atoms with van der Waals surface area (Å²) >= 11 is 0. The molecular weight excluding hydrogens is 386 g/mol. The maximum absolute atomic E-state index is 12.0. The van der Waals surface area contributed by atoms with Crippen LogP contribution in [-0.4, -0.2) is 66.9 Å². The van der Waals surface area contributed by atoms with Gasteiger partial charge in [0.1, 0.15) is 30.5 Å². The lowest BCUT2D eigenvalue weighted by Crippen LogP contribution is -2.55. The van der Waals surface area contributed by atoms with Crippen molar-refractivity contribution in [3.8, 4) is 11.1 Å². The summed E-state index contributed by atoms with van der Waals surface area (Å²) in [6.45, 7) is -0.509. The molecule has 5 unspecified atom stereocenters. The minimum atomic E-state index is -3.60. The van der Waals surface area contributed by atoms with Crippen LogP contribution in [0.15, 0.2) is 53.4 Å². The van der Waals surface area contributed by atoms with E-state index in [1.807, 2.05) is 0 Å². The highest BCUT2D eigenvalue weighted by atomic mass is 32.2. The number of benzene rings is 2. The van der Waals surface area contributed by atoms with E-state index in [4.69, 9.17) is 4.74 Å². The molecule has 3 rings (SSSR count). The molecule has 28 heavy (non-hydrogen) atoms. The van der Waals surface area contributed by atoms with Crippen molar-refractivity contribution in [3.63, 3.8) is 0 Å². The predicted molar refractivity (Wildman–Crippen MR) is 101 cm³/mol. The summed E-state index contributed by atoms with van der Waals surface area (Å²) < 4.78 is 31.9. The zero-order valence-electron chi connectivity index (χ0n) is 15.1. The van der Waals surface area contributed by atoms with Gasteiger partial charge in [0, 0.05) is 0 Å². The predicted octanol–water partition coefficient (Wildman–Crippen LogP) is -0.223. The van der Waals surface area contributed by atoms with Gasteiger partial charge < -0.3 is 25.2 Å². The standard InChI is InChI=1S/C19H23NO7S/c1-20-28(25,26)14-7-3-5-12(9-14)11-4-2-6-13(8-11)19-18(24)17(23)16(22)15(10-21)27-19/h2-9,15-24H,10H2,1H3. The van der Waals surface area contributed by atoms with Crippen LogP contribution < -0.4 is 4.72 Å². The lowest BCUT2D eigenvalue weighted by atomic mass is 9.90. The lowest BCUT2D eigenvalue weighted by molar-refractivity contribution is -0.231. The van der Waals surface area contributed by atoms with Crippen molar-refractivity contribution in [1.29, 1.82) is 0 Å². The molecular formula is C19H23NO7S. The summed E-state index contributed by atoms with van der Waals surface area (Å²) in [6.07, 6.45) is -6.24. The Morgan fingerprint density at radius 3 is 2.25 bits per heavy atom. The topological polar surface area (TPSA) is 136 Å². The molecule has 0 amide bonds. The summed E-state index contributed by atoms with van der Waals surface area (Å²) in [4.78, 5) is 0.116. The van der Waals surface area contributed by atoms with Gasteiger partial charge in [-0.05, 0) is 41.9 Å². The Bertz CT molecular complexity index is 931. The Hall–Kier alpha value is -1.85. The third-order valence-electron chi connectivity index (χ3n) is 4.85. The maximum Gasteiger partial charge on any atom is 0.240 e. The quantitative estimate of drug-likeness (QED) is 0.460. The minimum absolute atomic E-state index is 0.116. The van der Waals surface area contributed by atoms with Gasteiger partial charge in [-0.3, -0.25) is 0 Å². The molecule has 152 valence electrons.